The van der Waals surface area contributed by atoms with E-state index in [-0.39, 0.29) is 0 Å². The van der Waals surface area contributed by atoms with Crippen molar-refractivity contribution in [3.8, 4) is 44.5 Å². The number of hydrogen-bond acceptors (Lipinski definition) is 3. The molecule has 266 valence electrons. The predicted molar refractivity (Wildman–Crippen MR) is 232 cm³/mol. The summed E-state index contributed by atoms with van der Waals surface area (Å²) >= 11 is 0. The number of hydrogen-bond donors (Lipinski definition) is 0. The van der Waals surface area contributed by atoms with Gasteiger partial charge in [0.25, 0.3) is 0 Å². The van der Waals surface area contributed by atoms with Crippen LogP contribution in [0.3, 0.4) is 0 Å². The van der Waals surface area contributed by atoms with Crippen LogP contribution >= 0.6 is 0 Å². The van der Waals surface area contributed by atoms with Crippen LogP contribution in [-0.4, -0.2) is 4.98 Å². The highest BCUT2D eigenvalue weighted by Crippen LogP contribution is 2.63. The lowest BCUT2D eigenvalue weighted by Gasteiger charge is -2.34. The predicted octanol–water partition coefficient (Wildman–Crippen LogP) is 14.2. The number of benzene rings is 8. The number of furan rings is 2. The molecule has 1 aliphatic rings. The summed E-state index contributed by atoms with van der Waals surface area (Å²) in [6.07, 6.45) is 3.95. The van der Waals surface area contributed by atoms with E-state index in [1.54, 1.807) is 0 Å². The molecule has 3 heteroatoms. The number of fused-ring (bicyclic) bond motifs is 11. The summed E-state index contributed by atoms with van der Waals surface area (Å²) in [6.45, 7) is 0. The van der Waals surface area contributed by atoms with Gasteiger partial charge in [0.15, 0.2) is 0 Å². The highest BCUT2D eigenvalue weighted by Gasteiger charge is 2.50. The first-order valence-electron chi connectivity index (χ1n) is 19.4. The Labute approximate surface area is 329 Å². The van der Waals surface area contributed by atoms with Crippen LogP contribution in [0.15, 0.2) is 209 Å². The minimum absolute atomic E-state index is 0.740. The summed E-state index contributed by atoms with van der Waals surface area (Å²) in [5.74, 6) is 0. The van der Waals surface area contributed by atoms with Gasteiger partial charge in [-0.3, -0.25) is 4.98 Å². The molecule has 0 radical (unpaired) electrons. The van der Waals surface area contributed by atoms with Crippen molar-refractivity contribution in [3.05, 3.63) is 223 Å². The fourth-order valence-corrected chi connectivity index (χ4v) is 9.65. The van der Waals surface area contributed by atoms with Crippen molar-refractivity contribution in [1.29, 1.82) is 0 Å². The van der Waals surface area contributed by atoms with Crippen molar-refractivity contribution in [3.63, 3.8) is 0 Å². The Balaban J connectivity index is 1.32. The maximum absolute atomic E-state index is 7.17. The summed E-state index contributed by atoms with van der Waals surface area (Å²) in [5.41, 5.74) is 16.0. The van der Waals surface area contributed by atoms with Crippen molar-refractivity contribution >= 4 is 43.9 Å². The maximum Gasteiger partial charge on any atom is 0.144 e. The zero-order valence-electron chi connectivity index (χ0n) is 30.8. The Kier molecular flexibility index (Phi) is 6.84. The Morgan fingerprint density at radius 2 is 0.789 bits per heavy atom. The van der Waals surface area contributed by atoms with Gasteiger partial charge >= 0.3 is 0 Å². The molecule has 0 aliphatic heterocycles. The van der Waals surface area contributed by atoms with Gasteiger partial charge in [-0.15, -0.1) is 0 Å². The van der Waals surface area contributed by atoms with E-state index in [4.69, 9.17) is 13.8 Å². The topological polar surface area (TPSA) is 39.2 Å². The van der Waals surface area contributed by atoms with Gasteiger partial charge in [0, 0.05) is 56.2 Å². The molecule has 11 aromatic rings. The van der Waals surface area contributed by atoms with Gasteiger partial charge in [-0.25, -0.2) is 0 Å². The van der Waals surface area contributed by atoms with Crippen LogP contribution in [0.5, 0.6) is 0 Å². The highest BCUT2D eigenvalue weighted by molar-refractivity contribution is 6.24. The molecule has 3 aromatic heterocycles. The molecule has 0 saturated carbocycles. The molecule has 0 fully saturated rings. The zero-order chi connectivity index (χ0) is 37.5. The number of para-hydroxylation sites is 2. The number of aromatic nitrogens is 1. The molecule has 0 bridgehead atoms. The fourth-order valence-electron chi connectivity index (χ4n) is 9.65. The quantitative estimate of drug-likeness (QED) is 0.177. The lowest BCUT2D eigenvalue weighted by atomic mass is 9.67. The molecule has 57 heavy (non-hydrogen) atoms. The van der Waals surface area contributed by atoms with Crippen molar-refractivity contribution < 1.29 is 8.83 Å². The Morgan fingerprint density at radius 3 is 1.32 bits per heavy atom. The van der Waals surface area contributed by atoms with Crippen LogP contribution in [-0.2, 0) is 5.41 Å². The van der Waals surface area contributed by atoms with E-state index in [0.29, 0.717) is 0 Å². The largest absolute Gasteiger partial charge is 0.455 e. The summed E-state index contributed by atoms with van der Waals surface area (Å²) in [5, 5.41) is 4.33. The third-order valence-electron chi connectivity index (χ3n) is 12.0. The lowest BCUT2D eigenvalue weighted by Crippen LogP contribution is -2.28. The molecule has 0 saturated heterocycles. The monoisotopic (exact) mass is 727 g/mol. The van der Waals surface area contributed by atoms with Gasteiger partial charge in [-0.05, 0) is 74.8 Å². The van der Waals surface area contributed by atoms with Crippen molar-refractivity contribution in [2.24, 2.45) is 0 Å². The second-order valence-corrected chi connectivity index (χ2v) is 15.0. The van der Waals surface area contributed by atoms with Crippen LogP contribution in [0.25, 0.3) is 88.4 Å². The van der Waals surface area contributed by atoms with Gasteiger partial charge < -0.3 is 8.83 Å². The molecule has 1 aliphatic carbocycles. The number of pyridine rings is 1. The first-order valence-corrected chi connectivity index (χ1v) is 19.4. The van der Waals surface area contributed by atoms with Gasteiger partial charge in [0.1, 0.15) is 22.3 Å². The number of nitrogens with zero attached hydrogens (tertiary/aromatic N) is 1. The molecule has 0 N–H and O–H groups in total. The van der Waals surface area contributed by atoms with Crippen LogP contribution in [0.1, 0.15) is 22.3 Å². The Morgan fingerprint density at radius 1 is 0.368 bits per heavy atom. The smallest absolute Gasteiger partial charge is 0.144 e. The summed E-state index contributed by atoms with van der Waals surface area (Å²) in [6, 6.07) is 67.1. The molecule has 0 unspecified atom stereocenters. The van der Waals surface area contributed by atoms with Gasteiger partial charge in [-0.2, -0.15) is 0 Å². The van der Waals surface area contributed by atoms with E-state index in [1.165, 1.54) is 11.1 Å². The van der Waals surface area contributed by atoms with E-state index in [1.807, 2.05) is 12.4 Å². The Hall–Kier alpha value is -7.49. The molecule has 0 spiro atoms. The van der Waals surface area contributed by atoms with Gasteiger partial charge in [0.2, 0.25) is 0 Å². The second kappa shape index (κ2) is 12.3. The molecular weight excluding hydrogens is 695 g/mol. The average Bonchev–Trinajstić information content (AvgIpc) is 3.96. The molecular formula is C54H33NO2. The molecule has 3 heterocycles. The van der Waals surface area contributed by atoms with Gasteiger partial charge in [0.05, 0.1) is 5.41 Å². The minimum Gasteiger partial charge on any atom is -0.455 e. The number of rotatable bonds is 5. The summed E-state index contributed by atoms with van der Waals surface area (Å²) in [4.78, 5) is 4.86. The minimum atomic E-state index is -0.740. The lowest BCUT2D eigenvalue weighted by molar-refractivity contribution is 0.665. The molecule has 12 rings (SSSR count). The highest BCUT2D eigenvalue weighted by atomic mass is 16.3. The second-order valence-electron chi connectivity index (χ2n) is 15.0. The molecule has 8 aromatic carbocycles. The van der Waals surface area contributed by atoms with Crippen molar-refractivity contribution in [2.45, 2.75) is 5.41 Å². The SMILES string of the molecule is c1ccc(-c2cncc(-c3cc4c(c5oc6ccccc6c35)-c3c(cc(-c5ccccc5)c5c3oc3ccccc35)C4(c3ccccc3)c3ccccc3)c2)cc1. The van der Waals surface area contributed by atoms with Crippen LogP contribution in [0, 0.1) is 0 Å². The fraction of sp³-hybridized carbons (Fsp3) is 0.0185. The zero-order valence-corrected chi connectivity index (χ0v) is 30.8. The van der Waals surface area contributed by atoms with E-state index in [2.05, 4.69) is 188 Å². The van der Waals surface area contributed by atoms with E-state index in [0.717, 1.165) is 99.5 Å². The molecule has 3 nitrogen and oxygen atoms in total. The van der Waals surface area contributed by atoms with Crippen LogP contribution in [0.2, 0.25) is 0 Å². The molecule has 0 amide bonds. The first kappa shape index (κ1) is 31.8. The molecule has 0 atom stereocenters. The van der Waals surface area contributed by atoms with E-state index >= 15 is 0 Å². The normalized spacial score (nSPS) is 13.1. The van der Waals surface area contributed by atoms with Gasteiger partial charge in [-0.1, -0.05) is 158 Å². The van der Waals surface area contributed by atoms with E-state index < -0.39 is 5.41 Å². The Bertz CT molecular complexity index is 3290. The summed E-state index contributed by atoms with van der Waals surface area (Å²) < 4.78 is 14.3. The first-order chi connectivity index (χ1) is 28.3. The summed E-state index contributed by atoms with van der Waals surface area (Å²) in [7, 11) is 0. The van der Waals surface area contributed by atoms with Crippen LogP contribution < -0.4 is 0 Å². The van der Waals surface area contributed by atoms with Crippen molar-refractivity contribution in [1.82, 2.24) is 4.98 Å². The maximum atomic E-state index is 7.17. The van der Waals surface area contributed by atoms with E-state index in [9.17, 15) is 0 Å². The third-order valence-corrected chi connectivity index (χ3v) is 12.0. The standard InChI is InChI=1S/C54H33NO2/c1-5-17-34(18-6-1)36-29-37(33-55-32-36)43-31-45-51(53-49(43)41-26-14-16-28-47(41)57-53)50-44(54(45,38-21-9-3-10-22-38)39-23-11-4-12-24-39)30-42(35-19-7-2-8-20-35)48-40-25-13-15-27-46(40)56-52(48)50/h1-33H. The third kappa shape index (κ3) is 4.51. The average molecular weight is 728 g/mol. The van der Waals surface area contributed by atoms with Crippen molar-refractivity contribution in [2.75, 3.05) is 0 Å². The van der Waals surface area contributed by atoms with Crippen LogP contribution in [0.4, 0.5) is 0 Å².